The molecule has 0 fully saturated rings. The zero-order valence-electron chi connectivity index (χ0n) is 8.14. The van der Waals surface area contributed by atoms with Gasteiger partial charge in [-0.15, -0.1) is 0 Å². The highest BCUT2D eigenvalue weighted by Crippen LogP contribution is 2.26. The Bertz CT molecular complexity index is 322. The second kappa shape index (κ2) is 4.51. The van der Waals surface area contributed by atoms with E-state index in [0.717, 1.165) is 10.2 Å². The third kappa shape index (κ3) is 3.86. The second-order valence-electron chi connectivity index (χ2n) is 3.79. The van der Waals surface area contributed by atoms with Gasteiger partial charge in [0.2, 0.25) is 0 Å². The molecule has 0 atom stereocenters. The number of rotatable bonds is 3. The molecule has 0 aromatic heterocycles. The third-order valence-corrected chi connectivity index (χ3v) is 2.57. The van der Waals surface area contributed by atoms with Gasteiger partial charge in [0.25, 0.3) is 0 Å². The molecule has 0 saturated heterocycles. The summed E-state index contributed by atoms with van der Waals surface area (Å²) in [5.74, 6) is 0. The van der Waals surface area contributed by atoms with E-state index < -0.39 is 5.60 Å². The molecule has 1 rings (SSSR count). The minimum atomic E-state index is -0.734. The molecule has 0 aliphatic heterocycles. The first-order valence-corrected chi connectivity index (χ1v) is 5.47. The Morgan fingerprint density at radius 2 is 2.14 bits per heavy atom. The van der Waals surface area contributed by atoms with Crippen LogP contribution < -0.4 is 5.32 Å². The molecular formula is C10H13BrClNO. The summed E-state index contributed by atoms with van der Waals surface area (Å²) in [5, 5.41) is 13.3. The quantitative estimate of drug-likeness (QED) is 0.889. The molecule has 0 aliphatic rings. The van der Waals surface area contributed by atoms with E-state index in [9.17, 15) is 5.11 Å². The van der Waals surface area contributed by atoms with E-state index in [1.165, 1.54) is 0 Å². The molecule has 0 aliphatic carbocycles. The van der Waals surface area contributed by atoms with Gasteiger partial charge in [0.1, 0.15) is 0 Å². The number of nitrogens with one attached hydrogen (secondary N) is 1. The summed E-state index contributed by atoms with van der Waals surface area (Å²) in [7, 11) is 0. The van der Waals surface area contributed by atoms with Gasteiger partial charge in [-0.25, -0.2) is 0 Å². The van der Waals surface area contributed by atoms with Gasteiger partial charge in [0, 0.05) is 16.0 Å². The van der Waals surface area contributed by atoms with Crippen LogP contribution in [0.4, 0.5) is 5.69 Å². The summed E-state index contributed by atoms with van der Waals surface area (Å²) in [5.41, 5.74) is 0.154. The number of hydrogen-bond donors (Lipinski definition) is 2. The van der Waals surface area contributed by atoms with Crippen molar-refractivity contribution in [2.75, 3.05) is 11.9 Å². The number of benzene rings is 1. The summed E-state index contributed by atoms with van der Waals surface area (Å²) in [4.78, 5) is 0. The molecule has 78 valence electrons. The van der Waals surface area contributed by atoms with Crippen molar-refractivity contribution in [3.63, 3.8) is 0 Å². The standard InChI is InChI=1S/C10H13BrClNO/c1-10(2,14)6-13-9-5-7(12)3-4-8(9)11/h3-5,13-14H,6H2,1-2H3. The van der Waals surface area contributed by atoms with E-state index >= 15 is 0 Å². The van der Waals surface area contributed by atoms with Crippen LogP contribution >= 0.6 is 27.5 Å². The van der Waals surface area contributed by atoms with Gasteiger partial charge < -0.3 is 10.4 Å². The summed E-state index contributed by atoms with van der Waals surface area (Å²) in [6.45, 7) is 3.98. The SMILES string of the molecule is CC(C)(O)CNc1cc(Cl)ccc1Br. The Morgan fingerprint density at radius 3 is 2.71 bits per heavy atom. The van der Waals surface area contributed by atoms with Gasteiger partial charge in [-0.05, 0) is 48.0 Å². The lowest BCUT2D eigenvalue weighted by Crippen LogP contribution is -2.29. The first-order chi connectivity index (χ1) is 6.38. The molecule has 0 saturated carbocycles. The van der Waals surface area contributed by atoms with Gasteiger partial charge in [-0.3, -0.25) is 0 Å². The zero-order valence-corrected chi connectivity index (χ0v) is 10.5. The fourth-order valence-corrected chi connectivity index (χ4v) is 1.50. The van der Waals surface area contributed by atoms with Crippen molar-refractivity contribution in [2.24, 2.45) is 0 Å². The van der Waals surface area contributed by atoms with E-state index in [0.29, 0.717) is 11.6 Å². The third-order valence-electron chi connectivity index (χ3n) is 1.64. The summed E-state index contributed by atoms with van der Waals surface area (Å²) >= 11 is 9.24. The van der Waals surface area contributed by atoms with Crippen molar-refractivity contribution in [2.45, 2.75) is 19.4 Å². The normalized spacial score (nSPS) is 11.5. The molecule has 2 nitrogen and oxygen atoms in total. The second-order valence-corrected chi connectivity index (χ2v) is 5.08. The Morgan fingerprint density at radius 1 is 1.50 bits per heavy atom. The van der Waals surface area contributed by atoms with Gasteiger partial charge in [-0.1, -0.05) is 11.6 Å². The van der Waals surface area contributed by atoms with E-state index in [1.54, 1.807) is 19.9 Å². The van der Waals surface area contributed by atoms with Crippen molar-refractivity contribution in [1.29, 1.82) is 0 Å². The van der Waals surface area contributed by atoms with Crippen LogP contribution in [0.1, 0.15) is 13.8 Å². The molecule has 4 heteroatoms. The topological polar surface area (TPSA) is 32.3 Å². The highest BCUT2D eigenvalue weighted by Gasteiger charge is 2.12. The fourth-order valence-electron chi connectivity index (χ4n) is 0.944. The lowest BCUT2D eigenvalue weighted by molar-refractivity contribution is 0.0945. The summed E-state index contributed by atoms with van der Waals surface area (Å²) < 4.78 is 0.936. The van der Waals surface area contributed by atoms with Crippen LogP contribution in [0, 0.1) is 0 Å². The Hall–Kier alpha value is -0.250. The van der Waals surface area contributed by atoms with E-state index in [4.69, 9.17) is 11.6 Å². The van der Waals surface area contributed by atoms with Gasteiger partial charge in [-0.2, -0.15) is 0 Å². The van der Waals surface area contributed by atoms with Crippen LogP contribution in [0.2, 0.25) is 5.02 Å². The van der Waals surface area contributed by atoms with Crippen molar-refractivity contribution in [1.82, 2.24) is 0 Å². The predicted molar refractivity (Wildman–Crippen MR) is 63.9 cm³/mol. The van der Waals surface area contributed by atoms with Crippen molar-refractivity contribution < 1.29 is 5.11 Å². The number of halogens is 2. The lowest BCUT2D eigenvalue weighted by atomic mass is 10.1. The molecule has 0 amide bonds. The van der Waals surface area contributed by atoms with E-state index in [2.05, 4.69) is 21.2 Å². The molecule has 2 N–H and O–H groups in total. The number of hydrogen-bond acceptors (Lipinski definition) is 2. The van der Waals surface area contributed by atoms with Gasteiger partial charge in [0.15, 0.2) is 0 Å². The molecule has 1 aromatic carbocycles. The van der Waals surface area contributed by atoms with Gasteiger partial charge >= 0.3 is 0 Å². The number of aliphatic hydroxyl groups is 1. The Labute approximate surface area is 97.4 Å². The maximum Gasteiger partial charge on any atom is 0.0763 e. The highest BCUT2D eigenvalue weighted by molar-refractivity contribution is 9.10. The van der Waals surface area contributed by atoms with Crippen molar-refractivity contribution in [3.05, 3.63) is 27.7 Å². The van der Waals surface area contributed by atoms with Crippen LogP contribution in [0.25, 0.3) is 0 Å². The smallest absolute Gasteiger partial charge is 0.0763 e. The average molecular weight is 279 g/mol. The molecule has 1 aromatic rings. The van der Waals surface area contributed by atoms with Crippen LogP contribution in [0.5, 0.6) is 0 Å². The molecule has 0 radical (unpaired) electrons. The van der Waals surface area contributed by atoms with Gasteiger partial charge in [0.05, 0.1) is 11.3 Å². The zero-order chi connectivity index (χ0) is 10.8. The maximum absolute atomic E-state index is 9.53. The van der Waals surface area contributed by atoms with Crippen LogP contribution in [-0.2, 0) is 0 Å². The molecular weight excluding hydrogens is 265 g/mol. The fraction of sp³-hybridized carbons (Fsp3) is 0.400. The first kappa shape index (κ1) is 11.8. The molecule has 0 unspecified atom stereocenters. The van der Waals surface area contributed by atoms with Crippen LogP contribution in [0.3, 0.4) is 0 Å². The first-order valence-electron chi connectivity index (χ1n) is 4.30. The number of anilines is 1. The minimum absolute atomic E-state index is 0.478. The molecule has 0 bridgehead atoms. The monoisotopic (exact) mass is 277 g/mol. The predicted octanol–water partition coefficient (Wildman–Crippen LogP) is 3.29. The van der Waals surface area contributed by atoms with Crippen LogP contribution in [0.15, 0.2) is 22.7 Å². The summed E-state index contributed by atoms with van der Waals surface area (Å²) in [6.07, 6.45) is 0. The summed E-state index contributed by atoms with van der Waals surface area (Å²) in [6, 6.07) is 5.49. The molecule has 14 heavy (non-hydrogen) atoms. The molecule has 0 spiro atoms. The Balaban J connectivity index is 2.72. The average Bonchev–Trinajstić information content (AvgIpc) is 2.05. The van der Waals surface area contributed by atoms with E-state index in [1.807, 2.05) is 12.1 Å². The highest BCUT2D eigenvalue weighted by atomic mass is 79.9. The van der Waals surface area contributed by atoms with Crippen LogP contribution in [-0.4, -0.2) is 17.3 Å². The van der Waals surface area contributed by atoms with Crippen molar-refractivity contribution in [3.8, 4) is 0 Å². The minimum Gasteiger partial charge on any atom is -0.389 e. The molecule has 0 heterocycles. The lowest BCUT2D eigenvalue weighted by Gasteiger charge is -2.19. The maximum atomic E-state index is 9.53. The van der Waals surface area contributed by atoms with E-state index in [-0.39, 0.29) is 0 Å². The largest absolute Gasteiger partial charge is 0.389 e. The Kier molecular flexibility index (Phi) is 3.81. The van der Waals surface area contributed by atoms with Crippen molar-refractivity contribution >= 4 is 33.2 Å².